The van der Waals surface area contributed by atoms with Crippen molar-refractivity contribution in [3.8, 4) is 0 Å². The van der Waals surface area contributed by atoms with Crippen molar-refractivity contribution in [1.82, 2.24) is 0 Å². The first-order chi connectivity index (χ1) is 10.1. The predicted octanol–water partition coefficient (Wildman–Crippen LogP) is 2.66. The first-order valence-corrected chi connectivity index (χ1v) is 6.69. The molecule has 0 aliphatic rings. The maximum absolute atomic E-state index is 5.98. The number of anilines is 1. The van der Waals surface area contributed by atoms with Gasteiger partial charge >= 0.3 is 0 Å². The normalized spacial score (nSPS) is 12.5. The zero-order chi connectivity index (χ0) is 15.5. The van der Waals surface area contributed by atoms with Crippen molar-refractivity contribution in [3.63, 3.8) is 0 Å². The van der Waals surface area contributed by atoms with Crippen LogP contribution < -0.4 is 17.2 Å². The fraction of sp³-hybridized carbons (Fsp3) is 0.118. The lowest BCUT2D eigenvalue weighted by atomic mass is 10.0. The fourth-order valence-electron chi connectivity index (χ4n) is 1.65. The van der Waals surface area contributed by atoms with E-state index in [2.05, 4.69) is 4.99 Å². The molecule has 0 fully saturated rings. The molecule has 0 aliphatic carbocycles. The van der Waals surface area contributed by atoms with E-state index in [0.717, 1.165) is 23.2 Å². The van der Waals surface area contributed by atoms with Crippen LogP contribution in [0, 0.1) is 0 Å². The highest BCUT2D eigenvalue weighted by Gasteiger charge is 1.99. The van der Waals surface area contributed by atoms with Gasteiger partial charge in [0.25, 0.3) is 0 Å². The lowest BCUT2D eigenvalue weighted by Crippen LogP contribution is -2.06. The van der Waals surface area contributed by atoms with Gasteiger partial charge in [-0.25, -0.2) is 0 Å². The number of allylic oxidation sites excluding steroid dienone is 6. The Morgan fingerprint density at radius 3 is 2.62 bits per heavy atom. The second kappa shape index (κ2) is 9.20. The van der Waals surface area contributed by atoms with Crippen molar-refractivity contribution in [1.29, 1.82) is 0 Å². The summed E-state index contributed by atoms with van der Waals surface area (Å²) in [6.45, 7) is 1.98. The van der Waals surface area contributed by atoms with E-state index in [1.54, 1.807) is 6.21 Å². The van der Waals surface area contributed by atoms with Gasteiger partial charge in [0.05, 0.1) is 6.20 Å². The Kier molecular flexibility index (Phi) is 7.14. The zero-order valence-electron chi connectivity index (χ0n) is 12.2. The lowest BCUT2D eigenvalue weighted by Gasteiger charge is -2.05. The molecule has 0 radical (unpaired) electrons. The minimum atomic E-state index is 0.182. The number of nitrogens with zero attached hydrogens (tertiary/aromatic N) is 1. The molecule has 0 spiro atoms. The third-order valence-electron chi connectivity index (χ3n) is 2.66. The lowest BCUT2D eigenvalue weighted by molar-refractivity contribution is 1.20. The third-order valence-corrected chi connectivity index (χ3v) is 2.66. The first-order valence-electron chi connectivity index (χ1n) is 6.69. The van der Waals surface area contributed by atoms with Gasteiger partial charge in [0.2, 0.25) is 0 Å². The third kappa shape index (κ3) is 6.82. The molecule has 1 rings (SSSR count). The van der Waals surface area contributed by atoms with E-state index >= 15 is 0 Å². The van der Waals surface area contributed by atoms with E-state index in [1.807, 2.05) is 61.6 Å². The topological polar surface area (TPSA) is 90.4 Å². The highest BCUT2D eigenvalue weighted by atomic mass is 14.8. The molecule has 21 heavy (non-hydrogen) atoms. The van der Waals surface area contributed by atoms with E-state index in [9.17, 15) is 0 Å². The molecule has 0 bridgehead atoms. The second-order valence-corrected chi connectivity index (χ2v) is 4.43. The number of aliphatic imine (C=N–C) groups is 1. The summed E-state index contributed by atoms with van der Waals surface area (Å²) in [5, 5.41) is 0. The molecule has 6 N–H and O–H groups in total. The van der Waals surface area contributed by atoms with Gasteiger partial charge in [-0.1, -0.05) is 42.5 Å². The van der Waals surface area contributed by atoms with Crippen LogP contribution in [-0.4, -0.2) is 6.21 Å². The maximum Gasteiger partial charge on any atom is 0.112 e. The van der Waals surface area contributed by atoms with Gasteiger partial charge in [-0.2, -0.15) is 0 Å². The Balaban J connectivity index is 2.83. The molecule has 1 aromatic carbocycles. The van der Waals surface area contributed by atoms with Gasteiger partial charge in [-0.3, -0.25) is 4.99 Å². The molecule has 0 unspecified atom stereocenters. The minimum Gasteiger partial charge on any atom is -0.398 e. The van der Waals surface area contributed by atoms with E-state index in [4.69, 9.17) is 17.2 Å². The minimum absolute atomic E-state index is 0.182. The van der Waals surface area contributed by atoms with Gasteiger partial charge in [0.15, 0.2) is 0 Å². The summed E-state index contributed by atoms with van der Waals surface area (Å²) in [6.07, 6.45) is 13.6. The number of hydrogen-bond donors (Lipinski definition) is 3. The molecule has 4 heteroatoms. The van der Waals surface area contributed by atoms with Gasteiger partial charge in [0, 0.05) is 11.9 Å². The second-order valence-electron chi connectivity index (χ2n) is 4.43. The van der Waals surface area contributed by atoms with Crippen molar-refractivity contribution in [3.05, 3.63) is 77.8 Å². The predicted molar refractivity (Wildman–Crippen MR) is 91.5 cm³/mol. The molecule has 0 heterocycles. The molecule has 0 saturated heterocycles. The SMILES string of the molecule is C\C=C/C=C(/C=C/C=NC=C(N)N)Cc1ccccc1N. The van der Waals surface area contributed by atoms with Crippen LogP contribution in [0.15, 0.2) is 77.2 Å². The molecule has 4 nitrogen and oxygen atoms in total. The number of hydrogen-bond acceptors (Lipinski definition) is 4. The Bertz CT molecular complexity index is 589. The Hall–Kier alpha value is -2.75. The molecule has 0 aromatic heterocycles. The number of rotatable bonds is 6. The van der Waals surface area contributed by atoms with Crippen molar-refractivity contribution in [2.45, 2.75) is 13.3 Å². The van der Waals surface area contributed by atoms with Gasteiger partial charge in [0.1, 0.15) is 5.82 Å². The van der Waals surface area contributed by atoms with Crippen molar-refractivity contribution in [2.24, 2.45) is 16.5 Å². The van der Waals surface area contributed by atoms with E-state index < -0.39 is 0 Å². The highest BCUT2D eigenvalue weighted by molar-refractivity contribution is 5.72. The smallest absolute Gasteiger partial charge is 0.112 e. The van der Waals surface area contributed by atoms with E-state index in [-0.39, 0.29) is 5.82 Å². The molecular formula is C17H22N4. The molecule has 0 aliphatic heterocycles. The maximum atomic E-state index is 5.98. The van der Waals surface area contributed by atoms with Crippen LogP contribution in [0.3, 0.4) is 0 Å². The summed E-state index contributed by atoms with van der Waals surface area (Å²) >= 11 is 0. The monoisotopic (exact) mass is 282 g/mol. The van der Waals surface area contributed by atoms with Crippen LogP contribution in [0.2, 0.25) is 0 Å². The summed E-state index contributed by atoms with van der Waals surface area (Å²) in [7, 11) is 0. The number of benzene rings is 1. The number of nitrogens with two attached hydrogens (primary N) is 3. The van der Waals surface area contributed by atoms with Gasteiger partial charge in [-0.05, 0) is 36.6 Å². The molecule has 110 valence electrons. The quantitative estimate of drug-likeness (QED) is 0.425. The van der Waals surface area contributed by atoms with Crippen LogP contribution >= 0.6 is 0 Å². The summed E-state index contributed by atoms with van der Waals surface area (Å²) in [5.41, 5.74) is 19.6. The van der Waals surface area contributed by atoms with Crippen LogP contribution in [0.5, 0.6) is 0 Å². The van der Waals surface area contributed by atoms with Crippen molar-refractivity contribution >= 4 is 11.9 Å². The average molecular weight is 282 g/mol. The zero-order valence-corrected chi connectivity index (χ0v) is 12.2. The van der Waals surface area contributed by atoms with E-state index in [0.29, 0.717) is 0 Å². The standard InChI is InChI=1S/C17H22N4/c1-2-3-7-14(8-6-11-21-13-17(19)20)12-15-9-4-5-10-16(15)18/h2-11,13H,12,18-20H2,1H3/b3-2-,8-6+,14-7-,21-11?. The van der Waals surface area contributed by atoms with Gasteiger partial charge < -0.3 is 17.2 Å². The van der Waals surface area contributed by atoms with Crippen LogP contribution in [0.4, 0.5) is 5.69 Å². The molecule has 1 aromatic rings. The summed E-state index contributed by atoms with van der Waals surface area (Å²) in [4.78, 5) is 3.95. The summed E-state index contributed by atoms with van der Waals surface area (Å²) < 4.78 is 0. The Morgan fingerprint density at radius 1 is 1.19 bits per heavy atom. The van der Waals surface area contributed by atoms with Crippen molar-refractivity contribution < 1.29 is 0 Å². The highest BCUT2D eigenvalue weighted by Crippen LogP contribution is 2.16. The van der Waals surface area contributed by atoms with E-state index in [1.165, 1.54) is 6.20 Å². The Morgan fingerprint density at radius 2 is 1.95 bits per heavy atom. The van der Waals surface area contributed by atoms with Crippen LogP contribution in [0.25, 0.3) is 0 Å². The first kappa shape index (κ1) is 16.3. The fourth-order valence-corrected chi connectivity index (χ4v) is 1.65. The molecule has 0 saturated carbocycles. The Labute approximate surface area is 126 Å². The number of nitrogen functional groups attached to an aromatic ring is 1. The average Bonchev–Trinajstić information content (AvgIpc) is 2.46. The molecule has 0 atom stereocenters. The van der Waals surface area contributed by atoms with Crippen LogP contribution in [-0.2, 0) is 6.42 Å². The summed E-state index contributed by atoms with van der Waals surface area (Å²) in [5.74, 6) is 0.182. The van der Waals surface area contributed by atoms with Gasteiger partial charge in [-0.15, -0.1) is 0 Å². The number of para-hydroxylation sites is 1. The largest absolute Gasteiger partial charge is 0.398 e. The van der Waals surface area contributed by atoms with Crippen molar-refractivity contribution in [2.75, 3.05) is 5.73 Å². The molecule has 0 amide bonds. The summed E-state index contributed by atoms with van der Waals surface area (Å²) in [6, 6.07) is 7.85. The van der Waals surface area contributed by atoms with Crippen LogP contribution in [0.1, 0.15) is 12.5 Å². The molecular weight excluding hydrogens is 260 g/mol.